The van der Waals surface area contributed by atoms with E-state index < -0.39 is 0 Å². The lowest BCUT2D eigenvalue weighted by Gasteiger charge is -2.35. The SMILES string of the molecule is CC(C)COc1cc(C(C)C)ccc1Cl.CC(C)COc1cc(F)cc(C(C)C)c1.CC(C)N1CCCC(c2ccccc2)C1.CC1CCC(C(C)C)CC1. The maximum Gasteiger partial charge on any atom is 0.138 e. The molecule has 5 rings (SSSR count). The molecule has 1 unspecified atom stereocenters. The number of piperidine rings is 1. The van der Waals surface area contributed by atoms with Crippen molar-refractivity contribution in [2.24, 2.45) is 29.6 Å². The molecule has 2 fully saturated rings. The van der Waals surface area contributed by atoms with Crippen molar-refractivity contribution < 1.29 is 13.9 Å². The Morgan fingerprint density at radius 1 is 0.691 bits per heavy atom. The minimum Gasteiger partial charge on any atom is -0.493 e. The van der Waals surface area contributed by atoms with Crippen molar-refractivity contribution in [3.8, 4) is 11.5 Å². The molecular formula is C50H79ClFNO2. The van der Waals surface area contributed by atoms with E-state index in [1.807, 2.05) is 32.0 Å². The predicted molar refractivity (Wildman–Crippen MR) is 238 cm³/mol. The van der Waals surface area contributed by atoms with Crippen LogP contribution in [-0.4, -0.2) is 37.2 Å². The first kappa shape index (κ1) is 48.6. The molecule has 5 heteroatoms. The molecule has 1 saturated carbocycles. The van der Waals surface area contributed by atoms with Gasteiger partial charge in [-0.1, -0.05) is 137 Å². The smallest absolute Gasteiger partial charge is 0.138 e. The van der Waals surface area contributed by atoms with Crippen LogP contribution >= 0.6 is 11.6 Å². The first-order valence-corrected chi connectivity index (χ1v) is 22.0. The molecular weight excluding hydrogens is 701 g/mol. The highest BCUT2D eigenvalue weighted by atomic mass is 35.5. The molecule has 0 N–H and O–H groups in total. The lowest BCUT2D eigenvalue weighted by atomic mass is 9.78. The molecule has 1 heterocycles. The van der Waals surface area contributed by atoms with Crippen LogP contribution in [0.5, 0.6) is 11.5 Å². The highest BCUT2D eigenvalue weighted by molar-refractivity contribution is 6.32. The van der Waals surface area contributed by atoms with E-state index in [1.54, 1.807) is 6.07 Å². The number of hydrogen-bond acceptors (Lipinski definition) is 3. The molecule has 0 amide bonds. The van der Waals surface area contributed by atoms with E-state index in [2.05, 4.69) is 117 Å². The third kappa shape index (κ3) is 19.4. The maximum atomic E-state index is 13.2. The average molecular weight is 781 g/mol. The normalized spacial score (nSPS) is 18.7. The average Bonchev–Trinajstić information content (AvgIpc) is 3.14. The van der Waals surface area contributed by atoms with Gasteiger partial charge in [-0.25, -0.2) is 4.39 Å². The van der Waals surface area contributed by atoms with E-state index in [4.69, 9.17) is 21.1 Å². The zero-order valence-electron chi connectivity index (χ0n) is 37.1. The Hall–Kier alpha value is -2.56. The lowest BCUT2D eigenvalue weighted by Crippen LogP contribution is -2.39. The van der Waals surface area contributed by atoms with Crippen LogP contribution in [0.1, 0.15) is 163 Å². The van der Waals surface area contributed by atoms with Gasteiger partial charge in [0.2, 0.25) is 0 Å². The molecule has 0 spiro atoms. The summed E-state index contributed by atoms with van der Waals surface area (Å²) < 4.78 is 24.4. The molecule has 1 aliphatic carbocycles. The van der Waals surface area contributed by atoms with Gasteiger partial charge in [-0.05, 0) is 134 Å². The van der Waals surface area contributed by atoms with E-state index in [0.717, 1.165) is 35.0 Å². The predicted octanol–water partition coefficient (Wildman–Crippen LogP) is 15.2. The van der Waals surface area contributed by atoms with Gasteiger partial charge in [0.1, 0.15) is 17.3 Å². The summed E-state index contributed by atoms with van der Waals surface area (Å²) in [7, 11) is 0. The highest BCUT2D eigenvalue weighted by Gasteiger charge is 2.22. The van der Waals surface area contributed by atoms with E-state index >= 15 is 0 Å². The lowest BCUT2D eigenvalue weighted by molar-refractivity contribution is 0.167. The summed E-state index contributed by atoms with van der Waals surface area (Å²) in [4.78, 5) is 2.60. The number of nitrogens with zero attached hydrogens (tertiary/aromatic N) is 1. The zero-order valence-corrected chi connectivity index (χ0v) is 37.9. The topological polar surface area (TPSA) is 21.7 Å². The van der Waals surface area contributed by atoms with Crippen LogP contribution in [0, 0.1) is 35.4 Å². The third-order valence-corrected chi connectivity index (χ3v) is 11.1. The summed E-state index contributed by atoms with van der Waals surface area (Å²) in [5.41, 5.74) is 3.76. The van der Waals surface area contributed by atoms with Crippen LogP contribution in [0.4, 0.5) is 4.39 Å². The summed E-state index contributed by atoms with van der Waals surface area (Å²) in [5.74, 6) is 6.73. The molecule has 1 saturated heterocycles. The number of likely N-dealkylation sites (tertiary alicyclic amines) is 1. The maximum absolute atomic E-state index is 13.2. The van der Waals surface area contributed by atoms with Crippen LogP contribution in [-0.2, 0) is 0 Å². The molecule has 0 aromatic heterocycles. The summed E-state index contributed by atoms with van der Waals surface area (Å²) in [6.45, 7) is 32.4. The fraction of sp³-hybridized carbons (Fsp3) is 0.640. The van der Waals surface area contributed by atoms with Gasteiger partial charge in [-0.15, -0.1) is 0 Å². The van der Waals surface area contributed by atoms with E-state index in [0.29, 0.717) is 53.7 Å². The van der Waals surface area contributed by atoms with Crippen molar-refractivity contribution in [1.29, 1.82) is 0 Å². The molecule has 55 heavy (non-hydrogen) atoms. The van der Waals surface area contributed by atoms with Crippen molar-refractivity contribution in [2.75, 3.05) is 26.3 Å². The molecule has 1 aliphatic heterocycles. The summed E-state index contributed by atoms with van der Waals surface area (Å²) in [6.07, 6.45) is 8.62. The Morgan fingerprint density at radius 3 is 1.84 bits per heavy atom. The molecule has 3 aromatic rings. The van der Waals surface area contributed by atoms with Crippen molar-refractivity contribution >= 4 is 11.6 Å². The Labute approximate surface area is 343 Å². The fourth-order valence-corrected chi connectivity index (χ4v) is 7.11. The van der Waals surface area contributed by atoms with E-state index in [9.17, 15) is 4.39 Å². The molecule has 310 valence electrons. The largest absolute Gasteiger partial charge is 0.493 e. The quantitative estimate of drug-likeness (QED) is 0.193. The molecule has 3 aromatic carbocycles. The summed E-state index contributed by atoms with van der Waals surface area (Å²) >= 11 is 6.06. The summed E-state index contributed by atoms with van der Waals surface area (Å²) in [5, 5.41) is 0.694. The second kappa shape index (κ2) is 25.6. The number of rotatable bonds is 11. The number of benzene rings is 3. The van der Waals surface area contributed by atoms with Crippen molar-refractivity contribution in [3.63, 3.8) is 0 Å². The molecule has 0 radical (unpaired) electrons. The molecule has 3 nitrogen and oxygen atoms in total. The number of hydrogen-bond donors (Lipinski definition) is 0. The fourth-order valence-electron chi connectivity index (χ4n) is 6.94. The van der Waals surface area contributed by atoms with Gasteiger partial charge in [0.15, 0.2) is 0 Å². The summed E-state index contributed by atoms with van der Waals surface area (Å²) in [6, 6.07) is 22.6. The van der Waals surface area contributed by atoms with Gasteiger partial charge in [-0.2, -0.15) is 0 Å². The van der Waals surface area contributed by atoms with Gasteiger partial charge in [0.05, 0.1) is 18.2 Å². The zero-order chi connectivity index (χ0) is 41.1. The Kier molecular flexibility index (Phi) is 22.7. The van der Waals surface area contributed by atoms with Crippen LogP contribution in [0.3, 0.4) is 0 Å². The van der Waals surface area contributed by atoms with Crippen LogP contribution in [0.25, 0.3) is 0 Å². The van der Waals surface area contributed by atoms with Gasteiger partial charge in [0.25, 0.3) is 0 Å². The first-order chi connectivity index (χ1) is 26.0. The molecule has 2 aliphatic rings. The third-order valence-electron chi connectivity index (χ3n) is 10.8. The van der Waals surface area contributed by atoms with Crippen molar-refractivity contribution in [1.82, 2.24) is 4.90 Å². The number of ether oxygens (including phenoxy) is 2. The van der Waals surface area contributed by atoms with Crippen LogP contribution in [0.2, 0.25) is 5.02 Å². The van der Waals surface area contributed by atoms with Gasteiger partial charge in [-0.3, -0.25) is 0 Å². The van der Waals surface area contributed by atoms with Crippen molar-refractivity contribution in [2.45, 2.75) is 152 Å². The highest BCUT2D eigenvalue weighted by Crippen LogP contribution is 2.33. The van der Waals surface area contributed by atoms with E-state index in [-0.39, 0.29) is 5.82 Å². The van der Waals surface area contributed by atoms with Gasteiger partial charge in [0, 0.05) is 18.7 Å². The minimum absolute atomic E-state index is 0.222. The number of halogens is 2. The van der Waals surface area contributed by atoms with Crippen LogP contribution < -0.4 is 9.47 Å². The van der Waals surface area contributed by atoms with Crippen LogP contribution in [0.15, 0.2) is 66.7 Å². The van der Waals surface area contributed by atoms with E-state index in [1.165, 1.54) is 68.8 Å². The Balaban J connectivity index is 0.000000256. The monoisotopic (exact) mass is 780 g/mol. The Bertz CT molecular complexity index is 1450. The second-order valence-corrected chi connectivity index (χ2v) is 18.6. The Morgan fingerprint density at radius 2 is 1.29 bits per heavy atom. The second-order valence-electron chi connectivity index (χ2n) is 18.2. The van der Waals surface area contributed by atoms with Gasteiger partial charge < -0.3 is 14.4 Å². The molecule has 1 atom stereocenters. The van der Waals surface area contributed by atoms with Gasteiger partial charge >= 0.3 is 0 Å². The standard InChI is InChI=1S/C14H21N.C13H19ClO.C13H19FO.C10H20/c1-12(2)15-10-6-9-14(11-15)13-7-4-3-5-8-13;1-9(2)8-15-13-7-11(10(3)4)5-6-12(13)14;1-9(2)8-15-13-6-11(10(3)4)5-12(14)7-13;1-8(2)10-6-4-9(3)5-7-10/h3-5,7-8,12,14H,6,9-11H2,1-2H3;2*5-7,9-10H,8H2,1-4H3;8-10H,4-7H2,1-3H3. The first-order valence-electron chi connectivity index (χ1n) is 21.6. The minimum atomic E-state index is -0.222. The molecule has 0 bridgehead atoms. The van der Waals surface area contributed by atoms with Crippen molar-refractivity contribution in [3.05, 3.63) is 94.3 Å².